The average molecular weight is 419 g/mol. The van der Waals surface area contributed by atoms with Gasteiger partial charge in [0.25, 0.3) is 0 Å². The predicted octanol–water partition coefficient (Wildman–Crippen LogP) is 5.08. The zero-order chi connectivity index (χ0) is 19.1. The maximum absolute atomic E-state index is 13.6. The molecule has 2 heterocycles. The molecule has 8 heteroatoms. The van der Waals surface area contributed by atoms with E-state index in [1.54, 1.807) is 18.2 Å². The molecule has 1 atom stereocenters. The third kappa shape index (κ3) is 3.36. The summed E-state index contributed by atoms with van der Waals surface area (Å²) in [7, 11) is 0. The monoisotopic (exact) mass is 418 g/mol. The lowest BCUT2D eigenvalue weighted by molar-refractivity contribution is 0.372. The molecule has 1 aromatic heterocycles. The number of hydrogen-bond acceptors (Lipinski definition) is 3. The molecule has 2 aromatic carbocycles. The second-order valence-electron chi connectivity index (χ2n) is 6.13. The summed E-state index contributed by atoms with van der Waals surface area (Å²) in [6.45, 7) is 0. The Hall–Kier alpha value is -2.28. The lowest BCUT2D eigenvalue weighted by Gasteiger charge is -2.22. The highest BCUT2D eigenvalue weighted by Crippen LogP contribution is 2.38. The summed E-state index contributed by atoms with van der Waals surface area (Å²) in [4.78, 5) is 4.38. The minimum atomic E-state index is -0.346. The van der Waals surface area contributed by atoms with Crippen molar-refractivity contribution in [2.75, 3.05) is 0 Å². The third-order valence-corrected chi connectivity index (χ3v) is 5.26. The number of hydrogen-bond donors (Lipinski definition) is 1. The Morgan fingerprint density at radius 1 is 1.19 bits per heavy atom. The lowest BCUT2D eigenvalue weighted by atomic mass is 9.98. The van der Waals surface area contributed by atoms with Gasteiger partial charge in [-0.2, -0.15) is 5.10 Å². The molecule has 136 valence electrons. The van der Waals surface area contributed by atoms with E-state index < -0.39 is 0 Å². The summed E-state index contributed by atoms with van der Waals surface area (Å²) >= 11 is 17.9. The molecule has 0 bridgehead atoms. The molecule has 3 aromatic rings. The Balaban J connectivity index is 1.79. The number of nitrogens with two attached hydrogens (primary N) is 1. The van der Waals surface area contributed by atoms with E-state index in [9.17, 15) is 4.39 Å². The van der Waals surface area contributed by atoms with E-state index in [4.69, 9.17) is 41.2 Å². The summed E-state index contributed by atoms with van der Waals surface area (Å²) in [6.07, 6.45) is 0.489. The summed E-state index contributed by atoms with van der Waals surface area (Å²) in [5.74, 6) is -0.344. The molecule has 1 aliphatic rings. The van der Waals surface area contributed by atoms with Crippen molar-refractivity contribution in [1.82, 2.24) is 9.99 Å². The van der Waals surface area contributed by atoms with Crippen molar-refractivity contribution in [3.63, 3.8) is 0 Å². The van der Waals surface area contributed by atoms with Crippen LogP contribution in [0.5, 0.6) is 0 Å². The van der Waals surface area contributed by atoms with Gasteiger partial charge in [0.15, 0.2) is 5.11 Å². The van der Waals surface area contributed by atoms with E-state index in [1.807, 2.05) is 18.2 Å². The van der Waals surface area contributed by atoms with E-state index in [1.165, 1.54) is 17.1 Å². The number of rotatable bonds is 2. The maximum atomic E-state index is 13.6. The standard InChI is InChI=1S/C19H13Cl2FN4S/c20-14-4-2-1-3-12(14)16-9-17(26(25-16)19(23)27)13-8-10-7-11(22)5-6-15(10)24-18(13)21/h1-8,17H,9H2,(H2,23,27). The number of nitrogens with zero attached hydrogens (tertiary/aromatic N) is 3. The normalized spacial score (nSPS) is 16.6. The van der Waals surface area contributed by atoms with Crippen molar-refractivity contribution in [3.05, 3.63) is 75.7 Å². The van der Waals surface area contributed by atoms with E-state index in [-0.39, 0.29) is 17.0 Å². The third-order valence-electron chi connectivity index (χ3n) is 4.44. The molecule has 0 saturated carbocycles. The van der Waals surface area contributed by atoms with Crippen LogP contribution in [0.1, 0.15) is 23.6 Å². The van der Waals surface area contributed by atoms with Gasteiger partial charge in [-0.25, -0.2) is 14.4 Å². The van der Waals surface area contributed by atoms with E-state index in [0.29, 0.717) is 33.1 Å². The van der Waals surface area contributed by atoms with Crippen LogP contribution < -0.4 is 5.73 Å². The molecule has 0 fully saturated rings. The van der Waals surface area contributed by atoms with Crippen molar-refractivity contribution < 1.29 is 4.39 Å². The summed E-state index contributed by atoms with van der Waals surface area (Å²) < 4.78 is 13.6. The number of halogens is 3. The van der Waals surface area contributed by atoms with Crippen LogP contribution in [0.4, 0.5) is 4.39 Å². The van der Waals surface area contributed by atoms with E-state index in [2.05, 4.69) is 10.1 Å². The number of aromatic nitrogens is 1. The summed E-state index contributed by atoms with van der Waals surface area (Å²) in [5.41, 5.74) is 8.72. The van der Waals surface area contributed by atoms with Crippen molar-refractivity contribution in [2.24, 2.45) is 10.8 Å². The number of benzene rings is 2. The van der Waals surface area contributed by atoms with Crippen LogP contribution in [0.15, 0.2) is 53.6 Å². The van der Waals surface area contributed by atoms with Gasteiger partial charge in [0.1, 0.15) is 11.0 Å². The molecule has 4 nitrogen and oxygen atoms in total. The van der Waals surface area contributed by atoms with Crippen molar-refractivity contribution in [3.8, 4) is 0 Å². The average Bonchev–Trinajstić information content (AvgIpc) is 3.07. The fourth-order valence-corrected chi connectivity index (χ4v) is 3.87. The Kier molecular flexibility index (Phi) is 4.72. The SMILES string of the molecule is NC(=S)N1N=C(c2ccccc2Cl)CC1c1cc2cc(F)ccc2nc1Cl. The van der Waals surface area contributed by atoms with Gasteiger partial charge in [-0.1, -0.05) is 41.4 Å². The fourth-order valence-electron chi connectivity index (χ4n) is 3.19. The van der Waals surface area contributed by atoms with Crippen molar-refractivity contribution >= 4 is 57.1 Å². The highest BCUT2D eigenvalue weighted by molar-refractivity contribution is 7.80. The number of pyridine rings is 1. The molecule has 1 aliphatic heterocycles. The van der Waals surface area contributed by atoms with Crippen LogP contribution in [0.3, 0.4) is 0 Å². The highest BCUT2D eigenvalue weighted by atomic mass is 35.5. The Labute approximate surface area is 170 Å². The van der Waals surface area contributed by atoms with Crippen LogP contribution in [0.2, 0.25) is 10.2 Å². The van der Waals surface area contributed by atoms with Crippen LogP contribution in [-0.2, 0) is 0 Å². The quantitative estimate of drug-likeness (QED) is 0.465. The van der Waals surface area contributed by atoms with Gasteiger partial charge in [0.2, 0.25) is 0 Å². The first-order valence-electron chi connectivity index (χ1n) is 8.11. The van der Waals surface area contributed by atoms with Crippen LogP contribution in [0, 0.1) is 5.82 Å². The minimum Gasteiger partial charge on any atom is -0.375 e. The van der Waals surface area contributed by atoms with Gasteiger partial charge >= 0.3 is 0 Å². The smallest absolute Gasteiger partial charge is 0.187 e. The Bertz CT molecular complexity index is 1100. The number of thiocarbonyl (C=S) groups is 1. The Morgan fingerprint density at radius 2 is 1.96 bits per heavy atom. The van der Waals surface area contributed by atoms with Gasteiger partial charge in [-0.05, 0) is 42.5 Å². The van der Waals surface area contributed by atoms with Crippen LogP contribution >= 0.6 is 35.4 Å². The summed E-state index contributed by atoms with van der Waals surface area (Å²) in [6, 6.07) is 13.2. The molecule has 0 spiro atoms. The molecule has 0 amide bonds. The van der Waals surface area contributed by atoms with Gasteiger partial charge in [-0.3, -0.25) is 0 Å². The molecule has 0 saturated heterocycles. The first-order chi connectivity index (χ1) is 12.9. The first kappa shape index (κ1) is 18.1. The fraction of sp³-hybridized carbons (Fsp3) is 0.105. The van der Waals surface area contributed by atoms with Crippen LogP contribution in [-0.4, -0.2) is 20.8 Å². The molecule has 0 radical (unpaired) electrons. The lowest BCUT2D eigenvalue weighted by Crippen LogP contribution is -2.31. The molecule has 0 aliphatic carbocycles. The molecule has 1 unspecified atom stereocenters. The van der Waals surface area contributed by atoms with E-state index in [0.717, 1.165) is 11.3 Å². The molecule has 27 heavy (non-hydrogen) atoms. The van der Waals surface area contributed by atoms with E-state index >= 15 is 0 Å². The molecular formula is C19H13Cl2FN4S. The van der Waals surface area contributed by atoms with Gasteiger partial charge in [0, 0.05) is 28.0 Å². The number of hydrazone groups is 1. The van der Waals surface area contributed by atoms with Gasteiger partial charge < -0.3 is 5.73 Å². The minimum absolute atomic E-state index is 0.109. The first-order valence-corrected chi connectivity index (χ1v) is 9.27. The molecule has 4 rings (SSSR count). The maximum Gasteiger partial charge on any atom is 0.187 e. The van der Waals surface area contributed by atoms with Crippen molar-refractivity contribution in [1.29, 1.82) is 0 Å². The van der Waals surface area contributed by atoms with Gasteiger partial charge in [-0.15, -0.1) is 0 Å². The highest BCUT2D eigenvalue weighted by Gasteiger charge is 2.33. The zero-order valence-corrected chi connectivity index (χ0v) is 16.2. The topological polar surface area (TPSA) is 54.5 Å². The summed E-state index contributed by atoms with van der Waals surface area (Å²) in [5, 5.41) is 7.72. The predicted molar refractivity (Wildman–Crippen MR) is 111 cm³/mol. The molecular weight excluding hydrogens is 406 g/mol. The Morgan fingerprint density at radius 3 is 2.70 bits per heavy atom. The molecule has 2 N–H and O–H groups in total. The number of fused-ring (bicyclic) bond motifs is 1. The zero-order valence-electron chi connectivity index (χ0n) is 13.9. The van der Waals surface area contributed by atoms with Gasteiger partial charge in [0.05, 0.1) is 17.3 Å². The second kappa shape index (κ2) is 7.03. The van der Waals surface area contributed by atoms with Crippen LogP contribution in [0.25, 0.3) is 10.9 Å². The van der Waals surface area contributed by atoms with Crippen molar-refractivity contribution in [2.45, 2.75) is 12.5 Å². The second-order valence-corrected chi connectivity index (χ2v) is 7.32. The largest absolute Gasteiger partial charge is 0.375 e.